The minimum absolute atomic E-state index is 0.436. The summed E-state index contributed by atoms with van der Waals surface area (Å²) < 4.78 is 6.14. The maximum atomic E-state index is 6.14. The van der Waals surface area contributed by atoms with E-state index in [1.54, 1.807) is 0 Å². The van der Waals surface area contributed by atoms with E-state index >= 15 is 0 Å². The number of fused-ring (bicyclic) bond motifs is 2. The molecule has 1 N–H and O–H groups in total. The minimum atomic E-state index is 0.436. The van der Waals surface area contributed by atoms with E-state index in [4.69, 9.17) is 4.74 Å². The smallest absolute Gasteiger partial charge is 0.0736 e. The number of ether oxygens (including phenoxy) is 1. The van der Waals surface area contributed by atoms with E-state index in [9.17, 15) is 0 Å². The summed E-state index contributed by atoms with van der Waals surface area (Å²) in [5, 5.41) is 3.95. The fourth-order valence-electron chi connectivity index (χ4n) is 5.28. The molecule has 4 unspecified atom stereocenters. The predicted molar refractivity (Wildman–Crippen MR) is 80.9 cm³/mol. The molecule has 1 spiro atoms. The summed E-state index contributed by atoms with van der Waals surface area (Å²) >= 11 is 0. The molecule has 3 aliphatic heterocycles. The molecule has 1 aliphatic carbocycles. The predicted octanol–water partition coefficient (Wildman–Crippen LogP) is 2.69. The van der Waals surface area contributed by atoms with E-state index in [0.29, 0.717) is 17.7 Å². The van der Waals surface area contributed by atoms with Crippen LogP contribution in [0, 0.1) is 0 Å². The molecule has 3 heterocycles. The highest BCUT2D eigenvalue weighted by Gasteiger charge is 2.49. The van der Waals surface area contributed by atoms with E-state index in [1.807, 2.05) is 0 Å². The zero-order valence-electron chi connectivity index (χ0n) is 12.9. The first-order valence-electron chi connectivity index (χ1n) is 8.96. The second kappa shape index (κ2) is 5.26. The molecule has 3 heteroatoms. The van der Waals surface area contributed by atoms with Crippen LogP contribution in [0.3, 0.4) is 0 Å². The fraction of sp³-hybridized carbons (Fsp3) is 1.00. The van der Waals surface area contributed by atoms with E-state index < -0.39 is 0 Å². The third-order valence-electron chi connectivity index (χ3n) is 6.45. The minimum Gasteiger partial charge on any atom is -0.373 e. The van der Waals surface area contributed by atoms with Crippen molar-refractivity contribution < 1.29 is 4.74 Å². The quantitative estimate of drug-likeness (QED) is 0.840. The molecule has 4 rings (SSSR count). The van der Waals surface area contributed by atoms with Crippen LogP contribution in [0.4, 0.5) is 0 Å². The van der Waals surface area contributed by atoms with Gasteiger partial charge < -0.3 is 10.1 Å². The molecule has 2 bridgehead atoms. The molecule has 3 nitrogen and oxygen atoms in total. The number of nitrogens with one attached hydrogen (secondary N) is 1. The Balaban J connectivity index is 1.51. The molecule has 0 radical (unpaired) electrons. The number of nitrogens with zero attached hydrogens (tertiary/aromatic N) is 1. The van der Waals surface area contributed by atoms with Crippen molar-refractivity contribution in [3.05, 3.63) is 0 Å². The topological polar surface area (TPSA) is 24.5 Å². The van der Waals surface area contributed by atoms with Crippen LogP contribution in [0.5, 0.6) is 0 Å². The first kappa shape index (κ1) is 13.5. The second-order valence-corrected chi connectivity index (χ2v) is 7.63. The zero-order valence-corrected chi connectivity index (χ0v) is 12.9. The fourth-order valence-corrected chi connectivity index (χ4v) is 5.28. The van der Waals surface area contributed by atoms with Gasteiger partial charge in [0.1, 0.15) is 0 Å². The van der Waals surface area contributed by atoms with Crippen LogP contribution in [-0.2, 0) is 4.74 Å². The Hall–Kier alpha value is -0.120. The highest BCUT2D eigenvalue weighted by Crippen LogP contribution is 2.41. The number of hydrogen-bond donors (Lipinski definition) is 1. The van der Waals surface area contributed by atoms with E-state index in [2.05, 4.69) is 17.1 Å². The molecule has 20 heavy (non-hydrogen) atoms. The van der Waals surface area contributed by atoms with E-state index in [-0.39, 0.29) is 0 Å². The van der Waals surface area contributed by atoms with Gasteiger partial charge in [-0.15, -0.1) is 0 Å². The Morgan fingerprint density at radius 2 is 2.05 bits per heavy atom. The largest absolute Gasteiger partial charge is 0.373 e. The second-order valence-electron chi connectivity index (χ2n) is 7.63. The third-order valence-corrected chi connectivity index (χ3v) is 6.45. The molecule has 114 valence electrons. The summed E-state index contributed by atoms with van der Waals surface area (Å²) in [5.74, 6) is 0. The summed E-state index contributed by atoms with van der Waals surface area (Å²) in [5.41, 5.74) is 0.436. The Labute approximate surface area is 123 Å². The summed E-state index contributed by atoms with van der Waals surface area (Å²) in [6.07, 6.45) is 13.4. The lowest BCUT2D eigenvalue weighted by Gasteiger charge is -2.52. The molecule has 4 fully saturated rings. The lowest BCUT2D eigenvalue weighted by molar-refractivity contribution is -0.00392. The SMILES string of the molecule is CCC1CNC2(CCCCC2)CN1C1CC2CCC1O2. The standard InChI is InChI=1S/C17H30N2O/c1-2-13-11-18-17(8-4-3-5-9-17)12-19(13)15-10-14-6-7-16(15)20-14/h13-16,18H,2-12H2,1H3. The van der Waals surface area contributed by atoms with Gasteiger partial charge in [0.25, 0.3) is 0 Å². The van der Waals surface area contributed by atoms with Crippen molar-refractivity contribution >= 4 is 0 Å². The lowest BCUT2D eigenvalue weighted by Crippen LogP contribution is -2.67. The van der Waals surface area contributed by atoms with Crippen molar-refractivity contribution in [3.8, 4) is 0 Å². The molecule has 0 aromatic heterocycles. The van der Waals surface area contributed by atoms with Crippen LogP contribution in [-0.4, -0.2) is 47.8 Å². The number of rotatable bonds is 2. The average molecular weight is 278 g/mol. The molecular formula is C17H30N2O. The van der Waals surface area contributed by atoms with Gasteiger partial charge in [0, 0.05) is 30.7 Å². The summed E-state index contributed by atoms with van der Waals surface area (Å²) in [4.78, 5) is 2.87. The van der Waals surface area contributed by atoms with Crippen molar-refractivity contribution in [2.24, 2.45) is 0 Å². The molecule has 0 amide bonds. The molecule has 4 aliphatic rings. The lowest BCUT2D eigenvalue weighted by atomic mass is 9.78. The van der Waals surface area contributed by atoms with Crippen LogP contribution in [0.25, 0.3) is 0 Å². The van der Waals surface area contributed by atoms with Crippen molar-refractivity contribution in [2.45, 2.75) is 94.5 Å². The summed E-state index contributed by atoms with van der Waals surface area (Å²) in [6, 6.07) is 1.45. The number of piperazine rings is 1. The van der Waals surface area contributed by atoms with Crippen LogP contribution in [0.1, 0.15) is 64.7 Å². The van der Waals surface area contributed by atoms with Gasteiger partial charge in [-0.25, -0.2) is 0 Å². The molecule has 4 atom stereocenters. The van der Waals surface area contributed by atoms with Gasteiger partial charge in [-0.1, -0.05) is 26.2 Å². The van der Waals surface area contributed by atoms with Gasteiger partial charge >= 0.3 is 0 Å². The van der Waals surface area contributed by atoms with Gasteiger partial charge in [0.05, 0.1) is 12.2 Å². The van der Waals surface area contributed by atoms with Crippen LogP contribution in [0.15, 0.2) is 0 Å². The van der Waals surface area contributed by atoms with Crippen LogP contribution in [0.2, 0.25) is 0 Å². The van der Waals surface area contributed by atoms with Crippen molar-refractivity contribution in [1.29, 1.82) is 0 Å². The highest BCUT2D eigenvalue weighted by atomic mass is 16.5. The Kier molecular flexibility index (Phi) is 3.56. The average Bonchev–Trinajstić information content (AvgIpc) is 3.11. The molecule has 0 aromatic rings. The molecular weight excluding hydrogens is 248 g/mol. The van der Waals surface area contributed by atoms with E-state index in [1.165, 1.54) is 70.9 Å². The Morgan fingerprint density at radius 3 is 2.70 bits per heavy atom. The van der Waals surface area contributed by atoms with Crippen LogP contribution < -0.4 is 5.32 Å². The summed E-state index contributed by atoms with van der Waals surface area (Å²) in [6.45, 7) is 4.83. The Bertz CT molecular complexity index is 353. The third kappa shape index (κ3) is 2.22. The van der Waals surface area contributed by atoms with E-state index in [0.717, 1.165) is 12.1 Å². The van der Waals surface area contributed by atoms with Gasteiger partial charge in [-0.3, -0.25) is 4.90 Å². The van der Waals surface area contributed by atoms with Crippen molar-refractivity contribution in [2.75, 3.05) is 13.1 Å². The van der Waals surface area contributed by atoms with Gasteiger partial charge in [-0.05, 0) is 38.5 Å². The van der Waals surface area contributed by atoms with Gasteiger partial charge in [0.2, 0.25) is 0 Å². The van der Waals surface area contributed by atoms with Crippen LogP contribution >= 0.6 is 0 Å². The normalized spacial score (nSPS) is 44.2. The van der Waals surface area contributed by atoms with Gasteiger partial charge in [0.15, 0.2) is 0 Å². The number of hydrogen-bond acceptors (Lipinski definition) is 3. The molecule has 0 aromatic carbocycles. The summed E-state index contributed by atoms with van der Waals surface area (Å²) in [7, 11) is 0. The molecule has 1 saturated carbocycles. The first-order valence-corrected chi connectivity index (χ1v) is 8.96. The maximum absolute atomic E-state index is 6.14. The molecule has 3 saturated heterocycles. The Morgan fingerprint density at radius 1 is 1.20 bits per heavy atom. The van der Waals surface area contributed by atoms with Crippen molar-refractivity contribution in [1.82, 2.24) is 10.2 Å². The monoisotopic (exact) mass is 278 g/mol. The van der Waals surface area contributed by atoms with Crippen molar-refractivity contribution in [3.63, 3.8) is 0 Å². The first-order chi connectivity index (χ1) is 9.80. The maximum Gasteiger partial charge on any atom is 0.0736 e. The zero-order chi connectivity index (χ0) is 13.6. The highest BCUT2D eigenvalue weighted by molar-refractivity contribution is 5.05. The van der Waals surface area contributed by atoms with Gasteiger partial charge in [-0.2, -0.15) is 0 Å².